The molecule has 0 amide bonds. The third-order valence-corrected chi connectivity index (χ3v) is 4.47. The Morgan fingerprint density at radius 2 is 2.21 bits per heavy atom. The van der Waals surface area contributed by atoms with Gasteiger partial charge in [0, 0.05) is 36.5 Å². The molecule has 1 fully saturated rings. The summed E-state index contributed by atoms with van der Waals surface area (Å²) in [7, 11) is 1.92. The zero-order valence-corrected chi connectivity index (χ0v) is 14.1. The number of fused-ring (bicyclic) bond motifs is 1. The molecule has 3 aromatic rings. The van der Waals surface area contributed by atoms with Gasteiger partial charge in [0.25, 0.3) is 0 Å². The van der Waals surface area contributed by atoms with Crippen LogP contribution in [-0.2, 0) is 11.8 Å². The van der Waals surface area contributed by atoms with E-state index in [1.165, 1.54) is 0 Å². The lowest BCUT2D eigenvalue weighted by molar-refractivity contribution is 0.00970. The molecule has 0 bridgehead atoms. The minimum absolute atomic E-state index is 0.0668. The molecule has 1 aliphatic rings. The Bertz CT molecular complexity index is 865. The summed E-state index contributed by atoms with van der Waals surface area (Å²) < 4.78 is 7.69. The number of nitrogens with one attached hydrogen (secondary N) is 1. The van der Waals surface area contributed by atoms with Crippen LogP contribution in [0, 0.1) is 0 Å². The van der Waals surface area contributed by atoms with Gasteiger partial charge in [-0.1, -0.05) is 11.6 Å². The van der Waals surface area contributed by atoms with E-state index in [2.05, 4.69) is 20.4 Å². The third kappa shape index (κ3) is 3.20. The number of halogens is 1. The van der Waals surface area contributed by atoms with Crippen molar-refractivity contribution in [3.8, 4) is 0 Å². The molecule has 24 heavy (non-hydrogen) atoms. The van der Waals surface area contributed by atoms with Gasteiger partial charge in [0.1, 0.15) is 5.82 Å². The van der Waals surface area contributed by atoms with Crippen molar-refractivity contribution in [1.29, 1.82) is 0 Å². The summed E-state index contributed by atoms with van der Waals surface area (Å²) in [6, 6.07) is 5.83. The molecule has 2 unspecified atom stereocenters. The van der Waals surface area contributed by atoms with Gasteiger partial charge in [0.05, 0.1) is 29.5 Å². The number of ether oxygens (including phenoxy) is 1. The van der Waals surface area contributed by atoms with E-state index in [9.17, 15) is 0 Å². The second-order valence-electron chi connectivity index (χ2n) is 6.06. The Hall–Kier alpha value is -2.18. The molecule has 1 aliphatic heterocycles. The normalized spacial score (nSPS) is 21.1. The van der Waals surface area contributed by atoms with Crippen LogP contribution < -0.4 is 5.32 Å². The molecule has 1 saturated heterocycles. The van der Waals surface area contributed by atoms with Gasteiger partial charge in [0.15, 0.2) is 0 Å². The van der Waals surface area contributed by atoms with Crippen LogP contribution in [0.5, 0.6) is 0 Å². The van der Waals surface area contributed by atoms with Crippen molar-refractivity contribution in [2.75, 3.05) is 11.9 Å². The molecular weight excluding hydrogens is 326 g/mol. The lowest BCUT2D eigenvalue weighted by Gasteiger charge is -2.29. The Balaban J connectivity index is 1.49. The molecule has 0 spiro atoms. The maximum absolute atomic E-state index is 5.99. The molecule has 2 aromatic heterocycles. The van der Waals surface area contributed by atoms with Crippen LogP contribution in [0.1, 0.15) is 24.5 Å². The van der Waals surface area contributed by atoms with Crippen molar-refractivity contribution < 1.29 is 4.74 Å². The van der Waals surface area contributed by atoms with Crippen LogP contribution in [0.2, 0.25) is 5.02 Å². The first-order valence-corrected chi connectivity index (χ1v) is 8.34. The largest absolute Gasteiger partial charge is 0.373 e. The fraction of sp³-hybridized carbons (Fsp3) is 0.353. The van der Waals surface area contributed by atoms with Crippen molar-refractivity contribution in [2.45, 2.75) is 25.0 Å². The molecule has 0 radical (unpaired) electrons. The topological polar surface area (TPSA) is 64.9 Å². The van der Waals surface area contributed by atoms with Crippen molar-refractivity contribution in [1.82, 2.24) is 19.7 Å². The first-order chi connectivity index (χ1) is 11.7. The number of aryl methyl sites for hydroxylation is 1. The molecule has 4 rings (SSSR count). The van der Waals surface area contributed by atoms with Crippen LogP contribution in [0.3, 0.4) is 0 Å². The Labute approximate surface area is 144 Å². The minimum atomic E-state index is 0.0668. The van der Waals surface area contributed by atoms with E-state index in [0.717, 1.165) is 35.3 Å². The summed E-state index contributed by atoms with van der Waals surface area (Å²) in [5.74, 6) is 0.779. The number of rotatable bonds is 3. The third-order valence-electron chi connectivity index (χ3n) is 4.24. The lowest BCUT2D eigenvalue weighted by Crippen LogP contribution is -2.30. The summed E-state index contributed by atoms with van der Waals surface area (Å²) in [6.45, 7) is 0.716. The van der Waals surface area contributed by atoms with Gasteiger partial charge < -0.3 is 10.1 Å². The summed E-state index contributed by atoms with van der Waals surface area (Å²) in [6.07, 6.45) is 7.52. The Morgan fingerprint density at radius 1 is 1.29 bits per heavy atom. The van der Waals surface area contributed by atoms with Crippen molar-refractivity contribution in [3.63, 3.8) is 0 Å². The van der Waals surface area contributed by atoms with Crippen LogP contribution >= 0.6 is 11.6 Å². The van der Waals surface area contributed by atoms with Gasteiger partial charge in [-0.3, -0.25) is 9.67 Å². The molecule has 1 N–H and O–H groups in total. The van der Waals surface area contributed by atoms with E-state index in [-0.39, 0.29) is 6.10 Å². The number of hydrogen-bond donors (Lipinski definition) is 1. The predicted octanol–water partition coefficient (Wildman–Crippen LogP) is 3.35. The number of aromatic nitrogens is 4. The quantitative estimate of drug-likeness (QED) is 0.790. The fourth-order valence-electron chi connectivity index (χ4n) is 3.03. The second-order valence-corrected chi connectivity index (χ2v) is 6.50. The van der Waals surface area contributed by atoms with Crippen molar-refractivity contribution in [3.05, 3.63) is 47.4 Å². The first kappa shape index (κ1) is 15.4. The molecule has 0 aliphatic carbocycles. The van der Waals surface area contributed by atoms with Gasteiger partial charge in [-0.2, -0.15) is 5.10 Å². The molecule has 1 aromatic carbocycles. The summed E-state index contributed by atoms with van der Waals surface area (Å²) in [5, 5.41) is 8.37. The number of benzene rings is 1. The SMILES string of the molecule is Cn1cc(C2CC(Nc3cnc4cc(Cl)ccc4n3)CCO2)cn1. The second kappa shape index (κ2) is 6.37. The maximum Gasteiger partial charge on any atom is 0.145 e. The highest BCUT2D eigenvalue weighted by atomic mass is 35.5. The average Bonchev–Trinajstić information content (AvgIpc) is 3.02. The zero-order valence-electron chi connectivity index (χ0n) is 13.3. The summed E-state index contributed by atoms with van der Waals surface area (Å²) >= 11 is 5.99. The van der Waals surface area contributed by atoms with Gasteiger partial charge >= 0.3 is 0 Å². The molecule has 0 saturated carbocycles. The van der Waals surface area contributed by atoms with Crippen LogP contribution in [0.15, 0.2) is 36.8 Å². The molecule has 2 atom stereocenters. The van der Waals surface area contributed by atoms with Gasteiger partial charge in [-0.05, 0) is 31.0 Å². The van der Waals surface area contributed by atoms with Gasteiger partial charge in [-0.25, -0.2) is 4.98 Å². The molecule has 7 heteroatoms. The summed E-state index contributed by atoms with van der Waals surface area (Å²) in [5.41, 5.74) is 2.75. The highest BCUT2D eigenvalue weighted by Gasteiger charge is 2.25. The zero-order chi connectivity index (χ0) is 16.5. The fourth-order valence-corrected chi connectivity index (χ4v) is 3.20. The van der Waals surface area contributed by atoms with E-state index in [1.54, 1.807) is 10.9 Å². The number of hydrogen-bond acceptors (Lipinski definition) is 5. The van der Waals surface area contributed by atoms with E-state index in [0.29, 0.717) is 17.7 Å². The first-order valence-electron chi connectivity index (χ1n) is 7.96. The van der Waals surface area contributed by atoms with Gasteiger partial charge in [-0.15, -0.1) is 0 Å². The Kier molecular flexibility index (Phi) is 4.08. The van der Waals surface area contributed by atoms with E-state index in [1.807, 2.05) is 37.6 Å². The van der Waals surface area contributed by atoms with Crippen molar-refractivity contribution >= 4 is 28.5 Å². The van der Waals surface area contributed by atoms with Gasteiger partial charge in [0.2, 0.25) is 0 Å². The molecule has 3 heterocycles. The molecule has 124 valence electrons. The monoisotopic (exact) mass is 343 g/mol. The highest BCUT2D eigenvalue weighted by molar-refractivity contribution is 6.31. The minimum Gasteiger partial charge on any atom is -0.373 e. The Morgan fingerprint density at radius 3 is 3.04 bits per heavy atom. The van der Waals surface area contributed by atoms with Crippen LogP contribution in [0.25, 0.3) is 11.0 Å². The molecular formula is C17H18ClN5O. The highest BCUT2D eigenvalue weighted by Crippen LogP contribution is 2.29. The smallest absolute Gasteiger partial charge is 0.145 e. The average molecular weight is 344 g/mol. The maximum atomic E-state index is 5.99. The van der Waals surface area contributed by atoms with Crippen molar-refractivity contribution in [2.24, 2.45) is 7.05 Å². The van der Waals surface area contributed by atoms with Crippen LogP contribution in [0.4, 0.5) is 5.82 Å². The van der Waals surface area contributed by atoms with Crippen LogP contribution in [-0.4, -0.2) is 32.4 Å². The van der Waals surface area contributed by atoms with E-state index >= 15 is 0 Å². The lowest BCUT2D eigenvalue weighted by atomic mass is 9.99. The number of anilines is 1. The molecule has 6 nitrogen and oxygen atoms in total. The predicted molar refractivity (Wildman–Crippen MR) is 93.1 cm³/mol. The van der Waals surface area contributed by atoms with E-state index in [4.69, 9.17) is 16.3 Å². The van der Waals surface area contributed by atoms with E-state index < -0.39 is 0 Å². The standard InChI is InChI=1S/C17H18ClN5O/c1-23-10-11(8-20-23)16-7-13(4-5-24-16)21-17-9-19-15-6-12(18)2-3-14(15)22-17/h2-3,6,8-10,13,16H,4-5,7H2,1H3,(H,21,22). The number of nitrogens with zero attached hydrogens (tertiary/aromatic N) is 4. The summed E-state index contributed by atoms with van der Waals surface area (Å²) in [4.78, 5) is 9.06.